The summed E-state index contributed by atoms with van der Waals surface area (Å²) in [5.74, 6) is 0.725. The minimum absolute atomic E-state index is 0.0403. The monoisotopic (exact) mass is 326 g/mol. The number of carbonyl (C=O) groups is 1. The Balaban J connectivity index is 1.96. The molecule has 0 radical (unpaired) electrons. The van der Waals surface area contributed by atoms with Crippen LogP contribution >= 0.6 is 0 Å². The standard InChI is InChI=1S/C20H26N2O2/c1-15-7-4-5-9-17(15)13-24-18-10-6-8-16(11-18)12-19(23)22-20(2,3)14-21/h4-11H,12-14,21H2,1-3H3,(H,22,23). The molecule has 4 heteroatoms. The summed E-state index contributed by atoms with van der Waals surface area (Å²) in [6, 6.07) is 15.8. The van der Waals surface area contributed by atoms with Gasteiger partial charge in [0.2, 0.25) is 5.91 Å². The zero-order valence-electron chi connectivity index (χ0n) is 14.6. The average Bonchev–Trinajstić information content (AvgIpc) is 2.54. The summed E-state index contributed by atoms with van der Waals surface area (Å²) >= 11 is 0. The van der Waals surface area contributed by atoms with Gasteiger partial charge in [0.1, 0.15) is 12.4 Å². The minimum atomic E-state index is -0.393. The molecule has 24 heavy (non-hydrogen) atoms. The average molecular weight is 326 g/mol. The van der Waals surface area contributed by atoms with Crippen LogP contribution in [0.1, 0.15) is 30.5 Å². The third kappa shape index (κ3) is 5.39. The van der Waals surface area contributed by atoms with Gasteiger partial charge in [0, 0.05) is 12.1 Å². The Labute approximate surface area is 144 Å². The Morgan fingerprint density at radius 3 is 2.62 bits per heavy atom. The Kier molecular flexibility index (Phi) is 5.99. The molecule has 0 saturated carbocycles. The Bertz CT molecular complexity index is 696. The zero-order valence-corrected chi connectivity index (χ0v) is 14.6. The van der Waals surface area contributed by atoms with Crippen LogP contribution < -0.4 is 15.8 Å². The van der Waals surface area contributed by atoms with Crippen LogP contribution in [0.15, 0.2) is 48.5 Å². The molecule has 0 saturated heterocycles. The summed E-state index contributed by atoms with van der Waals surface area (Å²) in [6.45, 7) is 6.80. The molecule has 0 aromatic heterocycles. The summed E-state index contributed by atoms with van der Waals surface area (Å²) < 4.78 is 5.87. The highest BCUT2D eigenvalue weighted by Crippen LogP contribution is 2.17. The first-order valence-corrected chi connectivity index (χ1v) is 8.17. The first kappa shape index (κ1) is 18.0. The number of rotatable bonds is 7. The van der Waals surface area contributed by atoms with Crippen LogP contribution in [-0.2, 0) is 17.8 Å². The van der Waals surface area contributed by atoms with E-state index >= 15 is 0 Å². The van der Waals surface area contributed by atoms with Gasteiger partial charge in [-0.25, -0.2) is 0 Å². The second-order valence-corrected chi connectivity index (χ2v) is 6.68. The van der Waals surface area contributed by atoms with Crippen molar-refractivity contribution < 1.29 is 9.53 Å². The third-order valence-corrected chi connectivity index (χ3v) is 3.91. The first-order chi connectivity index (χ1) is 11.4. The topological polar surface area (TPSA) is 64.3 Å². The number of amides is 1. The molecule has 0 spiro atoms. The van der Waals surface area contributed by atoms with Crippen LogP contribution in [0, 0.1) is 6.92 Å². The molecule has 0 heterocycles. The second kappa shape index (κ2) is 7.97. The van der Waals surface area contributed by atoms with Crippen LogP contribution in [0.3, 0.4) is 0 Å². The normalized spacial score (nSPS) is 11.2. The smallest absolute Gasteiger partial charge is 0.224 e. The summed E-state index contributed by atoms with van der Waals surface area (Å²) in [7, 11) is 0. The fraction of sp³-hybridized carbons (Fsp3) is 0.350. The van der Waals surface area contributed by atoms with Crippen molar-refractivity contribution in [2.75, 3.05) is 6.54 Å². The second-order valence-electron chi connectivity index (χ2n) is 6.68. The van der Waals surface area contributed by atoms with Crippen molar-refractivity contribution in [2.45, 2.75) is 39.3 Å². The van der Waals surface area contributed by atoms with E-state index < -0.39 is 5.54 Å². The van der Waals surface area contributed by atoms with E-state index in [0.717, 1.165) is 16.9 Å². The molecule has 2 aromatic rings. The lowest BCUT2D eigenvalue weighted by Gasteiger charge is -2.24. The maximum Gasteiger partial charge on any atom is 0.224 e. The molecule has 0 bridgehead atoms. The van der Waals surface area contributed by atoms with Gasteiger partial charge in [0.25, 0.3) is 0 Å². The SMILES string of the molecule is Cc1ccccc1COc1cccc(CC(=O)NC(C)(C)CN)c1. The molecule has 0 atom stereocenters. The third-order valence-electron chi connectivity index (χ3n) is 3.91. The molecular formula is C20H26N2O2. The predicted octanol–water partition coefficient (Wildman–Crippen LogP) is 2.97. The fourth-order valence-electron chi connectivity index (χ4n) is 2.34. The molecule has 1 amide bonds. The van der Waals surface area contributed by atoms with Gasteiger partial charge in [-0.1, -0.05) is 36.4 Å². The van der Waals surface area contributed by atoms with Crippen LogP contribution in [0.25, 0.3) is 0 Å². The lowest BCUT2D eigenvalue weighted by molar-refractivity contribution is -0.121. The lowest BCUT2D eigenvalue weighted by atomic mass is 10.0. The molecule has 0 aliphatic heterocycles. The van der Waals surface area contributed by atoms with E-state index in [1.807, 2.05) is 50.2 Å². The number of aryl methyl sites for hydroxylation is 1. The number of ether oxygens (including phenoxy) is 1. The van der Waals surface area contributed by atoms with E-state index in [0.29, 0.717) is 19.6 Å². The van der Waals surface area contributed by atoms with Crippen molar-refractivity contribution in [3.8, 4) is 5.75 Å². The molecule has 128 valence electrons. The maximum absolute atomic E-state index is 12.1. The molecule has 0 unspecified atom stereocenters. The van der Waals surface area contributed by atoms with E-state index in [9.17, 15) is 4.79 Å². The molecule has 2 rings (SSSR count). The van der Waals surface area contributed by atoms with Crippen molar-refractivity contribution in [1.82, 2.24) is 5.32 Å². The summed E-state index contributed by atoms with van der Waals surface area (Å²) in [5.41, 5.74) is 8.53. The number of nitrogens with one attached hydrogen (secondary N) is 1. The number of benzene rings is 2. The van der Waals surface area contributed by atoms with Crippen LogP contribution in [0.2, 0.25) is 0 Å². The molecule has 4 nitrogen and oxygen atoms in total. The Morgan fingerprint density at radius 2 is 1.92 bits per heavy atom. The van der Waals surface area contributed by atoms with Gasteiger partial charge in [-0.05, 0) is 49.6 Å². The molecule has 2 aromatic carbocycles. The zero-order chi connectivity index (χ0) is 17.6. The van der Waals surface area contributed by atoms with Gasteiger partial charge in [0.05, 0.1) is 6.42 Å². The van der Waals surface area contributed by atoms with Gasteiger partial charge >= 0.3 is 0 Å². The van der Waals surface area contributed by atoms with Crippen LogP contribution in [-0.4, -0.2) is 18.0 Å². The molecule has 0 aliphatic carbocycles. The quantitative estimate of drug-likeness (QED) is 0.822. The molecule has 3 N–H and O–H groups in total. The highest BCUT2D eigenvalue weighted by atomic mass is 16.5. The number of nitrogens with two attached hydrogens (primary N) is 1. The maximum atomic E-state index is 12.1. The van der Waals surface area contributed by atoms with E-state index in [4.69, 9.17) is 10.5 Å². The van der Waals surface area contributed by atoms with Crippen LogP contribution in [0.5, 0.6) is 5.75 Å². The number of hydrogen-bond acceptors (Lipinski definition) is 3. The van der Waals surface area contributed by atoms with Crippen molar-refractivity contribution in [2.24, 2.45) is 5.73 Å². The van der Waals surface area contributed by atoms with Crippen molar-refractivity contribution >= 4 is 5.91 Å². The Hall–Kier alpha value is -2.33. The van der Waals surface area contributed by atoms with Gasteiger partial charge in [-0.3, -0.25) is 4.79 Å². The number of hydrogen-bond donors (Lipinski definition) is 2. The number of carbonyl (C=O) groups excluding carboxylic acids is 1. The van der Waals surface area contributed by atoms with E-state index in [1.54, 1.807) is 0 Å². The minimum Gasteiger partial charge on any atom is -0.489 e. The highest BCUT2D eigenvalue weighted by molar-refractivity contribution is 5.79. The van der Waals surface area contributed by atoms with Crippen LogP contribution in [0.4, 0.5) is 0 Å². The lowest BCUT2D eigenvalue weighted by Crippen LogP contribution is -2.49. The van der Waals surface area contributed by atoms with Gasteiger partial charge in [-0.2, -0.15) is 0 Å². The molecular weight excluding hydrogens is 300 g/mol. The van der Waals surface area contributed by atoms with Crippen molar-refractivity contribution in [3.63, 3.8) is 0 Å². The van der Waals surface area contributed by atoms with Gasteiger partial charge in [-0.15, -0.1) is 0 Å². The van der Waals surface area contributed by atoms with E-state index in [-0.39, 0.29) is 5.91 Å². The largest absolute Gasteiger partial charge is 0.489 e. The fourth-order valence-corrected chi connectivity index (χ4v) is 2.34. The van der Waals surface area contributed by atoms with Gasteiger partial charge < -0.3 is 15.8 Å². The summed E-state index contributed by atoms with van der Waals surface area (Å²) in [4.78, 5) is 12.1. The van der Waals surface area contributed by atoms with Crippen molar-refractivity contribution in [3.05, 3.63) is 65.2 Å². The van der Waals surface area contributed by atoms with Crippen molar-refractivity contribution in [1.29, 1.82) is 0 Å². The Morgan fingerprint density at radius 1 is 1.17 bits per heavy atom. The molecule has 0 fully saturated rings. The van der Waals surface area contributed by atoms with Gasteiger partial charge in [0.15, 0.2) is 0 Å². The predicted molar refractivity (Wildman–Crippen MR) is 96.9 cm³/mol. The van der Waals surface area contributed by atoms with E-state index in [2.05, 4.69) is 24.4 Å². The summed E-state index contributed by atoms with van der Waals surface area (Å²) in [6.07, 6.45) is 0.311. The van der Waals surface area contributed by atoms with E-state index in [1.165, 1.54) is 5.56 Å². The summed E-state index contributed by atoms with van der Waals surface area (Å²) in [5, 5.41) is 2.93. The highest BCUT2D eigenvalue weighted by Gasteiger charge is 2.18. The first-order valence-electron chi connectivity index (χ1n) is 8.17. The molecule has 0 aliphatic rings.